The maximum atomic E-state index is 13.8. The first-order valence-corrected chi connectivity index (χ1v) is 7.70. The number of para-hydroxylation sites is 1. The summed E-state index contributed by atoms with van der Waals surface area (Å²) in [5.41, 5.74) is 5.81. The van der Waals surface area contributed by atoms with Crippen molar-refractivity contribution >= 4 is 0 Å². The van der Waals surface area contributed by atoms with Gasteiger partial charge in [0.25, 0.3) is 5.89 Å². The van der Waals surface area contributed by atoms with Crippen LogP contribution >= 0.6 is 0 Å². The van der Waals surface area contributed by atoms with Gasteiger partial charge in [0.05, 0.1) is 5.54 Å². The highest BCUT2D eigenvalue weighted by atomic mass is 19.1. The molecule has 4 rings (SSSR count). The molecule has 2 N–H and O–H groups in total. The highest BCUT2D eigenvalue weighted by Gasteiger charge is 2.36. The molecule has 2 heterocycles. The van der Waals surface area contributed by atoms with Crippen LogP contribution in [0.15, 0.2) is 35.0 Å². The summed E-state index contributed by atoms with van der Waals surface area (Å²) in [6.45, 7) is 0. The van der Waals surface area contributed by atoms with Gasteiger partial charge in [0.2, 0.25) is 0 Å². The fraction of sp³-hybridized carbons (Fsp3) is 0.312. The third-order valence-electron chi connectivity index (χ3n) is 4.34. The number of hydrogen-bond acceptors (Lipinski definition) is 5. The van der Waals surface area contributed by atoms with E-state index in [4.69, 9.17) is 10.3 Å². The van der Waals surface area contributed by atoms with Gasteiger partial charge in [-0.3, -0.25) is 0 Å². The summed E-state index contributed by atoms with van der Waals surface area (Å²) in [5.74, 6) is -0.788. The molecule has 0 saturated heterocycles. The van der Waals surface area contributed by atoms with Crippen molar-refractivity contribution in [2.75, 3.05) is 0 Å². The zero-order valence-corrected chi connectivity index (χ0v) is 12.7. The summed E-state index contributed by atoms with van der Waals surface area (Å²) in [6.07, 6.45) is 5.11. The Morgan fingerprint density at radius 3 is 2.54 bits per heavy atom. The quantitative estimate of drug-likeness (QED) is 0.798. The van der Waals surface area contributed by atoms with E-state index in [1.54, 1.807) is 6.07 Å². The number of rotatable bonds is 3. The first-order valence-electron chi connectivity index (χ1n) is 7.70. The van der Waals surface area contributed by atoms with Crippen molar-refractivity contribution in [2.45, 2.75) is 31.2 Å². The fourth-order valence-corrected chi connectivity index (χ4v) is 3.03. The van der Waals surface area contributed by atoms with Gasteiger partial charge in [-0.15, -0.1) is 0 Å². The van der Waals surface area contributed by atoms with Gasteiger partial charge in [-0.05, 0) is 31.0 Å². The molecule has 0 amide bonds. The molecule has 1 fully saturated rings. The van der Waals surface area contributed by atoms with Crippen molar-refractivity contribution in [3.8, 4) is 17.3 Å². The Bertz CT molecular complexity index is 862. The van der Waals surface area contributed by atoms with Gasteiger partial charge < -0.3 is 10.3 Å². The zero-order valence-electron chi connectivity index (χ0n) is 12.7. The van der Waals surface area contributed by atoms with Crippen LogP contribution < -0.4 is 5.73 Å². The monoisotopic (exact) mass is 331 g/mol. The summed E-state index contributed by atoms with van der Waals surface area (Å²) in [5, 5.41) is 8.09. The van der Waals surface area contributed by atoms with Crippen LogP contribution in [-0.2, 0) is 5.54 Å². The Morgan fingerprint density at radius 2 is 1.83 bits per heavy atom. The smallest absolute Gasteiger partial charge is 0.278 e. The molecule has 0 spiro atoms. The summed E-state index contributed by atoms with van der Waals surface area (Å²) in [6, 6.07) is 5.19. The predicted octanol–water partition coefficient (Wildman–Crippen LogP) is 2.93. The average molecular weight is 331 g/mol. The second-order valence-corrected chi connectivity index (χ2v) is 6.00. The largest absolute Gasteiger partial charge is 0.332 e. The summed E-state index contributed by atoms with van der Waals surface area (Å²) >= 11 is 0. The van der Waals surface area contributed by atoms with Crippen LogP contribution in [-0.4, -0.2) is 19.9 Å². The zero-order chi connectivity index (χ0) is 16.7. The number of benzene rings is 1. The number of halogens is 2. The van der Waals surface area contributed by atoms with Crippen molar-refractivity contribution in [2.24, 2.45) is 5.73 Å². The minimum Gasteiger partial charge on any atom is -0.332 e. The van der Waals surface area contributed by atoms with Crippen LogP contribution in [0.2, 0.25) is 0 Å². The lowest BCUT2D eigenvalue weighted by Crippen LogP contribution is -2.34. The van der Waals surface area contributed by atoms with Gasteiger partial charge in [-0.2, -0.15) is 10.1 Å². The topological polar surface area (TPSA) is 82.8 Å². The SMILES string of the molecule is NC1(c2noc(-c3ccn(-c4c(F)cccc4F)n3)n2)CCCC1. The summed E-state index contributed by atoms with van der Waals surface area (Å²) < 4.78 is 34.0. The lowest BCUT2D eigenvalue weighted by atomic mass is 9.99. The van der Waals surface area contributed by atoms with Gasteiger partial charge in [0.15, 0.2) is 23.2 Å². The van der Waals surface area contributed by atoms with Crippen molar-refractivity contribution in [1.82, 2.24) is 19.9 Å². The van der Waals surface area contributed by atoms with Gasteiger partial charge >= 0.3 is 0 Å². The lowest BCUT2D eigenvalue weighted by Gasteiger charge is -2.17. The molecule has 24 heavy (non-hydrogen) atoms. The third kappa shape index (κ3) is 2.39. The molecular formula is C16H15F2N5O. The van der Waals surface area contributed by atoms with Gasteiger partial charge in [-0.1, -0.05) is 24.1 Å². The molecule has 0 bridgehead atoms. The van der Waals surface area contributed by atoms with E-state index >= 15 is 0 Å². The Morgan fingerprint density at radius 1 is 1.12 bits per heavy atom. The van der Waals surface area contributed by atoms with Crippen LogP contribution in [0.3, 0.4) is 0 Å². The molecule has 6 nitrogen and oxygen atoms in total. The van der Waals surface area contributed by atoms with Crippen LogP contribution in [0, 0.1) is 11.6 Å². The van der Waals surface area contributed by atoms with Crippen molar-refractivity contribution < 1.29 is 13.3 Å². The highest BCUT2D eigenvalue weighted by molar-refractivity contribution is 5.47. The molecule has 2 aromatic heterocycles. The standard InChI is InChI=1S/C16H15F2N5O/c17-10-4-3-5-11(18)13(10)23-9-6-12(21-23)14-20-15(22-24-14)16(19)7-1-2-8-16/h3-6,9H,1-2,7-8,19H2. The third-order valence-corrected chi connectivity index (χ3v) is 4.34. The Balaban J connectivity index is 1.68. The number of nitrogens with zero attached hydrogens (tertiary/aromatic N) is 4. The van der Waals surface area contributed by atoms with E-state index < -0.39 is 17.2 Å². The molecule has 1 aliphatic carbocycles. The van der Waals surface area contributed by atoms with E-state index in [2.05, 4.69) is 15.2 Å². The fourth-order valence-electron chi connectivity index (χ4n) is 3.03. The molecule has 0 aliphatic heterocycles. The number of hydrogen-bond donors (Lipinski definition) is 1. The molecular weight excluding hydrogens is 316 g/mol. The van der Waals surface area contributed by atoms with Crippen LogP contribution in [0.5, 0.6) is 0 Å². The Hall–Kier alpha value is -2.61. The second kappa shape index (κ2) is 5.48. The van der Waals surface area contributed by atoms with Crippen LogP contribution in [0.25, 0.3) is 17.3 Å². The van der Waals surface area contributed by atoms with Crippen LogP contribution in [0.4, 0.5) is 8.78 Å². The van der Waals surface area contributed by atoms with Crippen molar-refractivity contribution in [3.63, 3.8) is 0 Å². The molecule has 1 aromatic carbocycles. The average Bonchev–Trinajstić information content (AvgIpc) is 3.26. The molecule has 0 radical (unpaired) electrons. The minimum atomic E-state index is -0.706. The Kier molecular flexibility index (Phi) is 3.42. The van der Waals surface area contributed by atoms with Crippen molar-refractivity contribution in [3.05, 3.63) is 47.9 Å². The normalized spacial score (nSPS) is 16.6. The Labute approximate surface area is 136 Å². The molecule has 1 saturated carbocycles. The number of aromatic nitrogens is 4. The molecule has 8 heteroatoms. The van der Waals surface area contributed by atoms with E-state index in [-0.39, 0.29) is 11.6 Å². The van der Waals surface area contributed by atoms with Gasteiger partial charge in [-0.25, -0.2) is 13.5 Å². The second-order valence-electron chi connectivity index (χ2n) is 6.00. The lowest BCUT2D eigenvalue weighted by molar-refractivity contribution is 0.372. The number of nitrogens with two attached hydrogens (primary N) is 1. The van der Waals surface area contributed by atoms with Gasteiger partial charge in [0, 0.05) is 6.20 Å². The van der Waals surface area contributed by atoms with E-state index in [9.17, 15) is 8.78 Å². The molecule has 124 valence electrons. The van der Waals surface area contributed by atoms with E-state index in [1.807, 2.05) is 0 Å². The highest BCUT2D eigenvalue weighted by Crippen LogP contribution is 2.35. The van der Waals surface area contributed by atoms with E-state index in [0.29, 0.717) is 11.5 Å². The molecule has 0 unspecified atom stereocenters. The van der Waals surface area contributed by atoms with Crippen LogP contribution in [0.1, 0.15) is 31.5 Å². The van der Waals surface area contributed by atoms with E-state index in [1.165, 1.54) is 24.4 Å². The van der Waals surface area contributed by atoms with Gasteiger partial charge in [0.1, 0.15) is 5.69 Å². The predicted molar refractivity (Wildman–Crippen MR) is 81.1 cm³/mol. The van der Waals surface area contributed by atoms with E-state index in [0.717, 1.165) is 30.4 Å². The van der Waals surface area contributed by atoms with Crippen molar-refractivity contribution in [1.29, 1.82) is 0 Å². The first-order chi connectivity index (χ1) is 11.6. The maximum Gasteiger partial charge on any atom is 0.278 e. The summed E-state index contributed by atoms with van der Waals surface area (Å²) in [7, 11) is 0. The molecule has 1 aliphatic rings. The molecule has 0 atom stereocenters. The molecule has 3 aromatic rings. The maximum absolute atomic E-state index is 13.8. The summed E-state index contributed by atoms with van der Waals surface area (Å²) in [4.78, 5) is 4.32. The minimum absolute atomic E-state index is 0.178. The first kappa shape index (κ1) is 14.9.